The van der Waals surface area contributed by atoms with Gasteiger partial charge in [0.05, 0.1) is 0 Å². The lowest BCUT2D eigenvalue weighted by Crippen LogP contribution is -2.38. The quantitative estimate of drug-likeness (QED) is 0.880. The van der Waals surface area contributed by atoms with E-state index in [4.69, 9.17) is 5.73 Å². The Balaban J connectivity index is 1.51. The number of nitrogens with zero attached hydrogens (tertiary/aromatic N) is 1. The van der Waals surface area contributed by atoms with Crippen molar-refractivity contribution in [2.45, 2.75) is 18.5 Å². The van der Waals surface area contributed by atoms with Crippen LogP contribution in [0.3, 0.4) is 0 Å². The Kier molecular flexibility index (Phi) is 4.43. The standard InChI is InChI=1S/C15H23N3S/c16-14-11-15(13-4-2-1-3-12(13)14)17-5-6-18-7-9-19-10-8-18/h1-4,14-15,17H,5-11,16H2. The minimum atomic E-state index is 0.208. The maximum absolute atomic E-state index is 6.20. The van der Waals surface area contributed by atoms with Crippen LogP contribution in [-0.4, -0.2) is 42.6 Å². The number of hydrogen-bond donors (Lipinski definition) is 2. The third-order valence-electron chi connectivity index (χ3n) is 4.18. The van der Waals surface area contributed by atoms with Gasteiger partial charge in [-0.2, -0.15) is 11.8 Å². The van der Waals surface area contributed by atoms with Crippen LogP contribution in [-0.2, 0) is 0 Å². The van der Waals surface area contributed by atoms with Gasteiger partial charge in [0.15, 0.2) is 0 Å². The van der Waals surface area contributed by atoms with Crippen LogP contribution in [0.1, 0.15) is 29.6 Å². The molecule has 0 aromatic heterocycles. The summed E-state index contributed by atoms with van der Waals surface area (Å²) in [5.41, 5.74) is 8.93. The second-order valence-corrected chi connectivity index (χ2v) is 6.66. The molecule has 1 aliphatic heterocycles. The van der Waals surface area contributed by atoms with Crippen LogP contribution in [0, 0.1) is 0 Å². The number of rotatable bonds is 4. The predicted octanol–water partition coefficient (Wildman–Crippen LogP) is 1.77. The Morgan fingerprint density at radius 3 is 2.74 bits per heavy atom. The van der Waals surface area contributed by atoms with E-state index in [1.54, 1.807) is 0 Å². The van der Waals surface area contributed by atoms with Crippen molar-refractivity contribution < 1.29 is 0 Å². The predicted molar refractivity (Wildman–Crippen MR) is 82.5 cm³/mol. The van der Waals surface area contributed by atoms with Gasteiger partial charge in [0.1, 0.15) is 0 Å². The molecular formula is C15H23N3S. The lowest BCUT2D eigenvalue weighted by molar-refractivity contribution is 0.294. The summed E-state index contributed by atoms with van der Waals surface area (Å²) < 4.78 is 0. The van der Waals surface area contributed by atoms with Crippen molar-refractivity contribution in [3.63, 3.8) is 0 Å². The Morgan fingerprint density at radius 1 is 1.21 bits per heavy atom. The van der Waals surface area contributed by atoms with Gasteiger partial charge in [0, 0.05) is 49.8 Å². The molecular weight excluding hydrogens is 254 g/mol. The summed E-state index contributed by atoms with van der Waals surface area (Å²) in [7, 11) is 0. The third kappa shape index (κ3) is 3.14. The number of benzene rings is 1. The minimum absolute atomic E-state index is 0.208. The van der Waals surface area contributed by atoms with Crippen LogP contribution in [0.25, 0.3) is 0 Å². The largest absolute Gasteiger partial charge is 0.324 e. The molecule has 1 aliphatic carbocycles. The Hall–Kier alpha value is -0.550. The molecule has 0 amide bonds. The topological polar surface area (TPSA) is 41.3 Å². The average molecular weight is 277 g/mol. The second kappa shape index (κ2) is 6.27. The van der Waals surface area contributed by atoms with Gasteiger partial charge in [-0.25, -0.2) is 0 Å². The van der Waals surface area contributed by atoms with Gasteiger partial charge in [-0.1, -0.05) is 24.3 Å². The van der Waals surface area contributed by atoms with Crippen LogP contribution in [0.2, 0.25) is 0 Å². The second-order valence-electron chi connectivity index (χ2n) is 5.43. The lowest BCUT2D eigenvalue weighted by atomic mass is 10.1. The van der Waals surface area contributed by atoms with E-state index < -0.39 is 0 Å². The van der Waals surface area contributed by atoms with Crippen molar-refractivity contribution in [1.29, 1.82) is 0 Å². The van der Waals surface area contributed by atoms with Crippen molar-refractivity contribution in [3.05, 3.63) is 35.4 Å². The van der Waals surface area contributed by atoms with Gasteiger partial charge in [-0.15, -0.1) is 0 Å². The van der Waals surface area contributed by atoms with Gasteiger partial charge < -0.3 is 16.0 Å². The molecule has 0 radical (unpaired) electrons. The molecule has 4 heteroatoms. The van der Waals surface area contributed by atoms with E-state index in [0.717, 1.165) is 19.5 Å². The van der Waals surface area contributed by atoms with E-state index in [9.17, 15) is 0 Å². The number of fused-ring (bicyclic) bond motifs is 1. The first-order chi connectivity index (χ1) is 9.34. The molecule has 0 spiro atoms. The highest BCUT2D eigenvalue weighted by Gasteiger charge is 2.27. The molecule has 3 nitrogen and oxygen atoms in total. The fourth-order valence-electron chi connectivity index (χ4n) is 3.09. The monoisotopic (exact) mass is 277 g/mol. The molecule has 3 N–H and O–H groups in total. The van der Waals surface area contributed by atoms with Gasteiger partial charge >= 0.3 is 0 Å². The molecule has 0 bridgehead atoms. The zero-order valence-corrected chi connectivity index (χ0v) is 12.2. The Labute approximate surface area is 119 Å². The lowest BCUT2D eigenvalue weighted by Gasteiger charge is -2.27. The summed E-state index contributed by atoms with van der Waals surface area (Å²) in [6.07, 6.45) is 1.04. The summed E-state index contributed by atoms with van der Waals surface area (Å²) >= 11 is 2.07. The van der Waals surface area contributed by atoms with Crippen LogP contribution in [0.5, 0.6) is 0 Å². The smallest absolute Gasteiger partial charge is 0.0342 e. The van der Waals surface area contributed by atoms with Gasteiger partial charge in [-0.05, 0) is 17.5 Å². The zero-order chi connectivity index (χ0) is 13.1. The van der Waals surface area contributed by atoms with Crippen LogP contribution in [0.15, 0.2) is 24.3 Å². The molecule has 1 aromatic rings. The van der Waals surface area contributed by atoms with E-state index in [1.807, 2.05) is 0 Å². The van der Waals surface area contributed by atoms with E-state index in [-0.39, 0.29) is 6.04 Å². The SMILES string of the molecule is NC1CC(NCCN2CCSCC2)c2ccccc21. The van der Waals surface area contributed by atoms with Gasteiger partial charge in [0.25, 0.3) is 0 Å². The van der Waals surface area contributed by atoms with Crippen LogP contribution < -0.4 is 11.1 Å². The molecule has 2 atom stereocenters. The summed E-state index contributed by atoms with van der Waals surface area (Å²) in [5.74, 6) is 2.58. The average Bonchev–Trinajstić information content (AvgIpc) is 2.78. The highest BCUT2D eigenvalue weighted by Crippen LogP contribution is 2.36. The Morgan fingerprint density at radius 2 is 1.95 bits per heavy atom. The fraction of sp³-hybridized carbons (Fsp3) is 0.600. The summed E-state index contributed by atoms with van der Waals surface area (Å²) in [6, 6.07) is 9.26. The number of hydrogen-bond acceptors (Lipinski definition) is 4. The molecule has 0 saturated carbocycles. The van der Waals surface area contributed by atoms with Crippen LogP contribution >= 0.6 is 11.8 Å². The molecule has 104 valence electrons. The van der Waals surface area contributed by atoms with Crippen molar-refractivity contribution in [3.8, 4) is 0 Å². The van der Waals surface area contributed by atoms with E-state index in [0.29, 0.717) is 6.04 Å². The first-order valence-corrected chi connectivity index (χ1v) is 8.38. The minimum Gasteiger partial charge on any atom is -0.324 e. The van der Waals surface area contributed by atoms with Crippen molar-refractivity contribution in [2.75, 3.05) is 37.7 Å². The van der Waals surface area contributed by atoms with Crippen molar-refractivity contribution >= 4 is 11.8 Å². The third-order valence-corrected chi connectivity index (χ3v) is 5.13. The number of nitrogens with one attached hydrogen (secondary N) is 1. The molecule has 3 rings (SSSR count). The van der Waals surface area contributed by atoms with Crippen molar-refractivity contribution in [1.82, 2.24) is 10.2 Å². The van der Waals surface area contributed by atoms with Crippen LogP contribution in [0.4, 0.5) is 0 Å². The first-order valence-electron chi connectivity index (χ1n) is 7.22. The highest BCUT2D eigenvalue weighted by atomic mass is 32.2. The molecule has 1 aromatic carbocycles. The molecule has 1 fully saturated rings. The molecule has 1 saturated heterocycles. The number of nitrogens with two attached hydrogens (primary N) is 1. The fourth-order valence-corrected chi connectivity index (χ4v) is 4.07. The summed E-state index contributed by atoms with van der Waals surface area (Å²) in [4.78, 5) is 2.56. The maximum atomic E-state index is 6.20. The summed E-state index contributed by atoms with van der Waals surface area (Å²) in [6.45, 7) is 4.71. The molecule has 2 unspecified atom stereocenters. The maximum Gasteiger partial charge on any atom is 0.0342 e. The van der Waals surface area contributed by atoms with E-state index >= 15 is 0 Å². The highest BCUT2D eigenvalue weighted by molar-refractivity contribution is 7.99. The summed E-state index contributed by atoms with van der Waals surface area (Å²) in [5, 5.41) is 3.69. The number of thioether (sulfide) groups is 1. The van der Waals surface area contributed by atoms with Gasteiger partial charge in [0.2, 0.25) is 0 Å². The van der Waals surface area contributed by atoms with Gasteiger partial charge in [-0.3, -0.25) is 0 Å². The van der Waals surface area contributed by atoms with E-state index in [2.05, 4.69) is 46.2 Å². The van der Waals surface area contributed by atoms with E-state index in [1.165, 1.54) is 35.7 Å². The Bertz CT molecular complexity index is 418. The first kappa shape index (κ1) is 13.4. The zero-order valence-electron chi connectivity index (χ0n) is 11.3. The normalized spacial score (nSPS) is 27.4. The molecule has 1 heterocycles. The molecule has 2 aliphatic rings. The van der Waals surface area contributed by atoms with Crippen molar-refractivity contribution in [2.24, 2.45) is 5.73 Å². The molecule has 19 heavy (non-hydrogen) atoms.